The Morgan fingerprint density at radius 1 is 1.50 bits per heavy atom. The van der Waals surface area contributed by atoms with Crippen LogP contribution >= 0.6 is 0 Å². The summed E-state index contributed by atoms with van der Waals surface area (Å²) in [5.74, 6) is 0.537. The number of primary amides is 1. The van der Waals surface area contributed by atoms with Gasteiger partial charge in [-0.05, 0) is 32.0 Å². The number of carbonyl (C=O) groups excluding carboxylic acids is 1. The molecule has 1 atom stereocenters. The van der Waals surface area contributed by atoms with Crippen molar-refractivity contribution >= 4 is 11.6 Å². The van der Waals surface area contributed by atoms with Crippen LogP contribution in [0.1, 0.15) is 20.3 Å². The summed E-state index contributed by atoms with van der Waals surface area (Å²) in [6.45, 7) is 6.61. The highest BCUT2D eigenvalue weighted by Gasteiger charge is 2.33. The molecule has 2 rings (SSSR count). The summed E-state index contributed by atoms with van der Waals surface area (Å²) in [6.07, 6.45) is 0.926. The van der Waals surface area contributed by atoms with E-state index in [1.165, 1.54) is 0 Å². The van der Waals surface area contributed by atoms with Crippen LogP contribution in [0.2, 0.25) is 0 Å². The van der Waals surface area contributed by atoms with E-state index in [-0.39, 0.29) is 5.91 Å². The molecule has 5 heteroatoms. The Balaban J connectivity index is 2.26. The van der Waals surface area contributed by atoms with Gasteiger partial charge in [-0.2, -0.15) is 0 Å². The van der Waals surface area contributed by atoms with Crippen molar-refractivity contribution in [2.24, 2.45) is 5.73 Å². The fourth-order valence-corrected chi connectivity index (χ4v) is 2.56. The van der Waals surface area contributed by atoms with Crippen LogP contribution in [-0.4, -0.2) is 37.7 Å². The summed E-state index contributed by atoms with van der Waals surface area (Å²) in [6, 6.07) is 7.92. The van der Waals surface area contributed by atoms with Gasteiger partial charge in [0.2, 0.25) is 5.91 Å². The first-order valence-electron chi connectivity index (χ1n) is 7.08. The second kappa shape index (κ2) is 6.13. The van der Waals surface area contributed by atoms with Gasteiger partial charge in [-0.3, -0.25) is 4.79 Å². The van der Waals surface area contributed by atoms with Crippen molar-refractivity contribution in [1.82, 2.24) is 5.32 Å². The quantitative estimate of drug-likeness (QED) is 0.846. The van der Waals surface area contributed by atoms with Gasteiger partial charge in [-0.15, -0.1) is 0 Å². The van der Waals surface area contributed by atoms with Gasteiger partial charge in [0.05, 0.1) is 12.3 Å². The Morgan fingerprint density at radius 2 is 2.25 bits per heavy atom. The predicted octanol–water partition coefficient (Wildman–Crippen LogP) is 1.13. The van der Waals surface area contributed by atoms with E-state index in [1.54, 1.807) is 0 Å². The van der Waals surface area contributed by atoms with Crippen LogP contribution in [0.15, 0.2) is 24.3 Å². The summed E-state index contributed by atoms with van der Waals surface area (Å²) in [4.78, 5) is 14.0. The van der Waals surface area contributed by atoms with E-state index in [0.717, 1.165) is 24.4 Å². The zero-order valence-corrected chi connectivity index (χ0v) is 12.2. The average Bonchev–Trinajstić information content (AvgIpc) is 2.62. The predicted molar refractivity (Wildman–Crippen MR) is 80.0 cm³/mol. The van der Waals surface area contributed by atoms with Gasteiger partial charge in [0, 0.05) is 13.1 Å². The number of likely N-dealkylation sites (N-methyl/N-ethyl adjacent to an activating group) is 1. The Kier molecular flexibility index (Phi) is 4.49. The number of hydrogen-bond donors (Lipinski definition) is 2. The third-order valence-corrected chi connectivity index (χ3v) is 3.65. The first-order valence-corrected chi connectivity index (χ1v) is 7.08. The van der Waals surface area contributed by atoms with Crippen molar-refractivity contribution in [2.45, 2.75) is 25.8 Å². The normalized spacial score (nSPS) is 17.6. The lowest BCUT2D eigenvalue weighted by molar-refractivity contribution is -0.123. The second-order valence-corrected chi connectivity index (χ2v) is 5.32. The van der Waals surface area contributed by atoms with Gasteiger partial charge >= 0.3 is 0 Å². The van der Waals surface area contributed by atoms with Crippen LogP contribution in [0.25, 0.3) is 0 Å². The highest BCUT2D eigenvalue weighted by molar-refractivity contribution is 5.85. The fourth-order valence-electron chi connectivity index (χ4n) is 2.56. The van der Waals surface area contributed by atoms with E-state index in [2.05, 4.69) is 10.2 Å². The SMILES string of the molecule is CCNC(C)(CN1CCCOc2ccccc21)C(N)=O. The average molecular weight is 277 g/mol. The highest BCUT2D eigenvalue weighted by atomic mass is 16.5. The lowest BCUT2D eigenvalue weighted by Crippen LogP contribution is -2.59. The number of nitrogens with two attached hydrogens (primary N) is 1. The summed E-state index contributed by atoms with van der Waals surface area (Å²) in [5, 5.41) is 3.20. The standard InChI is InChI=1S/C15H23N3O2/c1-3-17-15(2,14(16)19)11-18-9-6-10-20-13-8-5-4-7-12(13)18/h4-5,7-8,17H,3,6,9-11H2,1-2H3,(H2,16,19). The number of carbonyl (C=O) groups is 1. The third-order valence-electron chi connectivity index (χ3n) is 3.65. The number of fused-ring (bicyclic) bond motifs is 1. The first kappa shape index (κ1) is 14.7. The number of hydrogen-bond acceptors (Lipinski definition) is 4. The van der Waals surface area contributed by atoms with Gasteiger partial charge in [-0.1, -0.05) is 19.1 Å². The Morgan fingerprint density at radius 3 is 2.95 bits per heavy atom. The topological polar surface area (TPSA) is 67.6 Å². The molecule has 0 fully saturated rings. The first-order chi connectivity index (χ1) is 9.57. The molecule has 0 radical (unpaired) electrons. The minimum absolute atomic E-state index is 0.331. The molecule has 1 amide bonds. The molecule has 0 bridgehead atoms. The van der Waals surface area contributed by atoms with Crippen LogP contribution in [-0.2, 0) is 4.79 Å². The van der Waals surface area contributed by atoms with Gasteiger partial charge in [0.25, 0.3) is 0 Å². The molecule has 1 aliphatic rings. The molecule has 0 aromatic heterocycles. The molecular formula is C15H23N3O2. The number of para-hydroxylation sites is 2. The Labute approximate surface area is 120 Å². The van der Waals surface area contributed by atoms with Crippen molar-refractivity contribution in [3.8, 4) is 5.75 Å². The second-order valence-electron chi connectivity index (χ2n) is 5.32. The van der Waals surface area contributed by atoms with Gasteiger partial charge in [0.1, 0.15) is 11.3 Å². The summed E-state index contributed by atoms with van der Waals surface area (Å²) in [5.41, 5.74) is 5.85. The monoisotopic (exact) mass is 277 g/mol. The van der Waals surface area contributed by atoms with Gasteiger partial charge < -0.3 is 20.7 Å². The molecule has 1 unspecified atom stereocenters. The van der Waals surface area contributed by atoms with Crippen LogP contribution in [0.3, 0.4) is 0 Å². The van der Waals surface area contributed by atoms with Crippen molar-refractivity contribution in [3.05, 3.63) is 24.3 Å². The number of nitrogens with one attached hydrogen (secondary N) is 1. The molecular weight excluding hydrogens is 254 g/mol. The maximum absolute atomic E-state index is 11.8. The molecule has 1 heterocycles. The van der Waals surface area contributed by atoms with Crippen LogP contribution in [0.4, 0.5) is 5.69 Å². The van der Waals surface area contributed by atoms with E-state index >= 15 is 0 Å². The minimum Gasteiger partial charge on any atom is -0.491 e. The fraction of sp³-hybridized carbons (Fsp3) is 0.533. The number of rotatable bonds is 5. The van der Waals surface area contributed by atoms with Crippen molar-refractivity contribution in [2.75, 3.05) is 31.1 Å². The number of amides is 1. The molecule has 1 aromatic rings. The Bertz CT molecular complexity index is 478. The number of ether oxygens (including phenoxy) is 1. The van der Waals surface area contributed by atoms with E-state index in [1.807, 2.05) is 38.1 Å². The summed E-state index contributed by atoms with van der Waals surface area (Å²) >= 11 is 0. The number of benzene rings is 1. The molecule has 1 aliphatic heterocycles. The zero-order chi connectivity index (χ0) is 14.6. The van der Waals surface area contributed by atoms with E-state index in [4.69, 9.17) is 10.5 Å². The molecule has 0 saturated heterocycles. The lowest BCUT2D eigenvalue weighted by Gasteiger charge is -2.34. The summed E-state index contributed by atoms with van der Waals surface area (Å²) in [7, 11) is 0. The smallest absolute Gasteiger partial charge is 0.239 e. The maximum Gasteiger partial charge on any atom is 0.239 e. The molecule has 3 N–H and O–H groups in total. The van der Waals surface area contributed by atoms with Crippen molar-refractivity contribution in [1.29, 1.82) is 0 Å². The van der Waals surface area contributed by atoms with Crippen molar-refractivity contribution in [3.63, 3.8) is 0 Å². The number of nitrogens with zero attached hydrogens (tertiary/aromatic N) is 1. The molecule has 0 saturated carbocycles. The number of anilines is 1. The molecule has 0 spiro atoms. The molecule has 1 aromatic carbocycles. The molecule has 0 aliphatic carbocycles. The minimum atomic E-state index is -0.744. The highest BCUT2D eigenvalue weighted by Crippen LogP contribution is 2.31. The van der Waals surface area contributed by atoms with Crippen LogP contribution in [0.5, 0.6) is 5.75 Å². The van der Waals surface area contributed by atoms with Crippen molar-refractivity contribution < 1.29 is 9.53 Å². The van der Waals surface area contributed by atoms with Gasteiger partial charge in [-0.25, -0.2) is 0 Å². The van der Waals surface area contributed by atoms with E-state index in [0.29, 0.717) is 19.7 Å². The largest absolute Gasteiger partial charge is 0.491 e. The maximum atomic E-state index is 11.8. The molecule has 5 nitrogen and oxygen atoms in total. The zero-order valence-electron chi connectivity index (χ0n) is 12.2. The van der Waals surface area contributed by atoms with Gasteiger partial charge in [0.15, 0.2) is 0 Å². The Hall–Kier alpha value is -1.75. The summed E-state index contributed by atoms with van der Waals surface area (Å²) < 4.78 is 5.74. The van der Waals surface area contributed by atoms with Crippen LogP contribution in [0, 0.1) is 0 Å². The van der Waals surface area contributed by atoms with E-state index in [9.17, 15) is 4.79 Å². The molecule has 110 valence electrons. The molecule has 20 heavy (non-hydrogen) atoms. The van der Waals surface area contributed by atoms with E-state index < -0.39 is 5.54 Å². The lowest BCUT2D eigenvalue weighted by atomic mass is 10.00. The third kappa shape index (κ3) is 3.04. The van der Waals surface area contributed by atoms with Crippen LogP contribution < -0.4 is 20.7 Å².